The van der Waals surface area contributed by atoms with Gasteiger partial charge in [-0.3, -0.25) is 4.79 Å². The predicted molar refractivity (Wildman–Crippen MR) is 54.9 cm³/mol. The summed E-state index contributed by atoms with van der Waals surface area (Å²) in [5, 5.41) is -0.375. The average Bonchev–Trinajstić information content (AvgIpc) is 2.02. The third-order valence-corrected chi connectivity index (χ3v) is 2.92. The van der Waals surface area contributed by atoms with E-state index in [9.17, 15) is 4.79 Å². The van der Waals surface area contributed by atoms with Gasteiger partial charge in [-0.1, -0.05) is 6.42 Å². The largest absolute Gasteiger partial charge is 0.341 e. The molecule has 0 bridgehead atoms. The van der Waals surface area contributed by atoms with E-state index in [1.807, 2.05) is 11.8 Å². The highest BCUT2D eigenvalue weighted by atomic mass is 35.5. The first-order chi connectivity index (χ1) is 6.15. The summed E-state index contributed by atoms with van der Waals surface area (Å²) < 4.78 is 0. The van der Waals surface area contributed by atoms with Gasteiger partial charge >= 0.3 is 0 Å². The van der Waals surface area contributed by atoms with E-state index < -0.39 is 0 Å². The van der Waals surface area contributed by atoms with Gasteiger partial charge in [-0.15, -0.1) is 11.6 Å². The van der Waals surface area contributed by atoms with Crippen LogP contribution in [0.1, 0.15) is 33.1 Å². The minimum Gasteiger partial charge on any atom is -0.341 e. The van der Waals surface area contributed by atoms with Gasteiger partial charge in [0.05, 0.1) is 0 Å². The highest BCUT2D eigenvalue weighted by Gasteiger charge is 2.24. The van der Waals surface area contributed by atoms with Crippen LogP contribution in [0, 0.1) is 5.92 Å². The molecule has 0 radical (unpaired) electrons. The maximum atomic E-state index is 11.5. The fourth-order valence-electron chi connectivity index (χ4n) is 1.61. The Morgan fingerprint density at radius 3 is 2.54 bits per heavy atom. The van der Waals surface area contributed by atoms with Crippen LogP contribution >= 0.6 is 11.6 Å². The molecule has 1 aliphatic carbocycles. The van der Waals surface area contributed by atoms with Crippen LogP contribution < -0.4 is 0 Å². The number of alkyl halides is 1. The molecule has 1 aliphatic rings. The minimum absolute atomic E-state index is 0.0797. The smallest absolute Gasteiger partial charge is 0.240 e. The molecule has 1 amide bonds. The number of carbonyl (C=O) groups is 1. The van der Waals surface area contributed by atoms with Gasteiger partial charge in [-0.05, 0) is 32.6 Å². The van der Waals surface area contributed by atoms with Gasteiger partial charge in [-0.25, -0.2) is 0 Å². The topological polar surface area (TPSA) is 20.3 Å². The summed E-state index contributed by atoms with van der Waals surface area (Å²) >= 11 is 5.76. The summed E-state index contributed by atoms with van der Waals surface area (Å²) in [5.74, 6) is 0.815. The van der Waals surface area contributed by atoms with Crippen molar-refractivity contribution >= 4 is 17.5 Å². The first-order valence-electron chi connectivity index (χ1n) is 5.08. The van der Waals surface area contributed by atoms with Crippen molar-refractivity contribution in [2.75, 3.05) is 13.1 Å². The second kappa shape index (κ2) is 4.85. The molecule has 0 spiro atoms. The van der Waals surface area contributed by atoms with Crippen LogP contribution in [0.4, 0.5) is 0 Å². The molecular weight excluding hydrogens is 186 g/mol. The molecule has 0 aromatic carbocycles. The maximum Gasteiger partial charge on any atom is 0.240 e. The summed E-state index contributed by atoms with van der Waals surface area (Å²) in [4.78, 5) is 13.4. The van der Waals surface area contributed by atoms with E-state index >= 15 is 0 Å². The molecule has 0 aromatic rings. The van der Waals surface area contributed by atoms with Crippen LogP contribution in [0.5, 0.6) is 0 Å². The second-order valence-electron chi connectivity index (χ2n) is 3.79. The zero-order valence-corrected chi connectivity index (χ0v) is 9.18. The molecule has 0 saturated heterocycles. The first-order valence-corrected chi connectivity index (χ1v) is 5.51. The van der Waals surface area contributed by atoms with Crippen molar-refractivity contribution in [3.63, 3.8) is 0 Å². The van der Waals surface area contributed by atoms with E-state index in [2.05, 4.69) is 0 Å². The first kappa shape index (κ1) is 10.8. The molecule has 3 heteroatoms. The Balaban J connectivity index is 2.36. The molecule has 13 heavy (non-hydrogen) atoms. The molecule has 1 fully saturated rings. The van der Waals surface area contributed by atoms with Crippen LogP contribution in [0.15, 0.2) is 0 Å². The highest BCUT2D eigenvalue weighted by molar-refractivity contribution is 6.30. The molecule has 1 unspecified atom stereocenters. The van der Waals surface area contributed by atoms with E-state index in [0.717, 1.165) is 19.0 Å². The lowest BCUT2D eigenvalue weighted by molar-refractivity contribution is -0.131. The summed E-state index contributed by atoms with van der Waals surface area (Å²) in [7, 11) is 0. The van der Waals surface area contributed by atoms with E-state index in [4.69, 9.17) is 11.6 Å². The Morgan fingerprint density at radius 1 is 1.62 bits per heavy atom. The van der Waals surface area contributed by atoms with E-state index in [-0.39, 0.29) is 11.3 Å². The van der Waals surface area contributed by atoms with Crippen LogP contribution in [0.3, 0.4) is 0 Å². The summed E-state index contributed by atoms with van der Waals surface area (Å²) in [5.41, 5.74) is 0. The average molecular weight is 204 g/mol. The monoisotopic (exact) mass is 203 g/mol. The van der Waals surface area contributed by atoms with Gasteiger partial charge in [0, 0.05) is 13.1 Å². The van der Waals surface area contributed by atoms with Gasteiger partial charge < -0.3 is 4.90 Å². The Bertz CT molecular complexity index is 178. The van der Waals surface area contributed by atoms with E-state index in [1.54, 1.807) is 6.92 Å². The number of hydrogen-bond donors (Lipinski definition) is 0. The van der Waals surface area contributed by atoms with E-state index in [0.29, 0.717) is 0 Å². The lowest BCUT2D eigenvalue weighted by Gasteiger charge is -2.32. The molecule has 1 saturated carbocycles. The van der Waals surface area contributed by atoms with Crippen molar-refractivity contribution in [1.82, 2.24) is 4.90 Å². The molecule has 0 N–H and O–H groups in total. The fourth-order valence-corrected chi connectivity index (χ4v) is 1.75. The van der Waals surface area contributed by atoms with Gasteiger partial charge in [0.1, 0.15) is 5.38 Å². The van der Waals surface area contributed by atoms with Crippen LogP contribution in [-0.2, 0) is 4.79 Å². The van der Waals surface area contributed by atoms with Crippen molar-refractivity contribution in [3.8, 4) is 0 Å². The van der Waals surface area contributed by atoms with Crippen molar-refractivity contribution in [1.29, 1.82) is 0 Å². The number of hydrogen-bond acceptors (Lipinski definition) is 1. The van der Waals surface area contributed by atoms with Crippen molar-refractivity contribution in [3.05, 3.63) is 0 Å². The van der Waals surface area contributed by atoms with Crippen molar-refractivity contribution in [2.24, 2.45) is 5.92 Å². The quantitative estimate of drug-likeness (QED) is 0.642. The lowest BCUT2D eigenvalue weighted by Crippen LogP contribution is -2.40. The van der Waals surface area contributed by atoms with Gasteiger partial charge in [0.25, 0.3) is 0 Å². The Kier molecular flexibility index (Phi) is 4.04. The zero-order valence-electron chi connectivity index (χ0n) is 8.42. The normalized spacial score (nSPS) is 19.3. The molecule has 0 aromatic heterocycles. The molecule has 0 aliphatic heterocycles. The highest BCUT2D eigenvalue weighted by Crippen LogP contribution is 2.27. The Labute approximate surface area is 85.2 Å². The number of halogens is 1. The third-order valence-electron chi connectivity index (χ3n) is 2.74. The third kappa shape index (κ3) is 2.87. The Hall–Kier alpha value is -0.240. The maximum absolute atomic E-state index is 11.5. The Morgan fingerprint density at radius 2 is 2.23 bits per heavy atom. The standard InChI is InChI=1S/C10H18ClNO/c1-3-12(10(13)8(2)11)7-9-5-4-6-9/h8-9H,3-7H2,1-2H3. The van der Waals surface area contributed by atoms with Gasteiger partial charge in [0.2, 0.25) is 5.91 Å². The van der Waals surface area contributed by atoms with Gasteiger partial charge in [0.15, 0.2) is 0 Å². The minimum atomic E-state index is -0.375. The molecule has 0 heterocycles. The van der Waals surface area contributed by atoms with Crippen LogP contribution in [-0.4, -0.2) is 29.3 Å². The van der Waals surface area contributed by atoms with Crippen LogP contribution in [0.25, 0.3) is 0 Å². The van der Waals surface area contributed by atoms with Crippen molar-refractivity contribution in [2.45, 2.75) is 38.5 Å². The van der Waals surface area contributed by atoms with Crippen LogP contribution in [0.2, 0.25) is 0 Å². The zero-order chi connectivity index (χ0) is 9.84. The molecular formula is C10H18ClNO. The second-order valence-corrected chi connectivity index (χ2v) is 4.44. The molecule has 1 atom stereocenters. The summed E-state index contributed by atoms with van der Waals surface area (Å²) in [6, 6.07) is 0. The lowest BCUT2D eigenvalue weighted by atomic mass is 9.85. The van der Waals surface area contributed by atoms with Crippen molar-refractivity contribution < 1.29 is 4.79 Å². The van der Waals surface area contributed by atoms with Gasteiger partial charge in [-0.2, -0.15) is 0 Å². The number of amides is 1. The van der Waals surface area contributed by atoms with E-state index in [1.165, 1.54) is 19.3 Å². The fraction of sp³-hybridized carbons (Fsp3) is 0.900. The molecule has 2 nitrogen and oxygen atoms in total. The SMILES string of the molecule is CCN(CC1CCC1)C(=O)C(C)Cl. The molecule has 1 rings (SSSR count). The summed E-state index contributed by atoms with van der Waals surface area (Å²) in [6.45, 7) is 5.45. The summed E-state index contributed by atoms with van der Waals surface area (Å²) in [6.07, 6.45) is 3.88. The number of carbonyl (C=O) groups excluding carboxylic acids is 1. The number of rotatable bonds is 4. The predicted octanol–water partition coefficient (Wildman–Crippen LogP) is 2.26. The molecule has 76 valence electrons. The number of nitrogens with zero attached hydrogens (tertiary/aromatic N) is 1.